The van der Waals surface area contributed by atoms with Crippen LogP contribution in [0.3, 0.4) is 0 Å². The lowest BCUT2D eigenvalue weighted by Gasteiger charge is -2.08. The Bertz CT molecular complexity index is 541. The number of unbranched alkanes of at least 4 members (excludes halogenated alkanes) is 3. The van der Waals surface area contributed by atoms with E-state index >= 15 is 0 Å². The first-order chi connectivity index (χ1) is 10.3. The molecule has 2 aromatic rings. The van der Waals surface area contributed by atoms with Gasteiger partial charge in [0, 0.05) is 13.2 Å². The highest BCUT2D eigenvalue weighted by atomic mass is 32.1. The zero-order valence-electron chi connectivity index (χ0n) is 13.0. The molecule has 1 N–H and O–H groups in total. The van der Waals surface area contributed by atoms with Gasteiger partial charge in [0.2, 0.25) is 0 Å². The van der Waals surface area contributed by atoms with E-state index in [1.165, 1.54) is 19.3 Å². The summed E-state index contributed by atoms with van der Waals surface area (Å²) in [4.78, 5) is 10.2. The summed E-state index contributed by atoms with van der Waals surface area (Å²) in [6.07, 6.45) is 5.98. The average Bonchev–Trinajstić information content (AvgIpc) is 2.97. The maximum absolute atomic E-state index is 5.70. The zero-order chi connectivity index (χ0) is 14.9. The maximum atomic E-state index is 5.70. The quantitative estimate of drug-likeness (QED) is 0.651. The van der Waals surface area contributed by atoms with Crippen molar-refractivity contribution in [2.45, 2.75) is 52.6 Å². The molecule has 0 bridgehead atoms. The van der Waals surface area contributed by atoms with E-state index < -0.39 is 0 Å². The van der Waals surface area contributed by atoms with E-state index in [0.717, 1.165) is 47.9 Å². The highest BCUT2D eigenvalue weighted by Gasteiger charge is 2.08. The van der Waals surface area contributed by atoms with Crippen molar-refractivity contribution in [1.82, 2.24) is 9.97 Å². The molecule has 2 heterocycles. The van der Waals surface area contributed by atoms with Gasteiger partial charge in [-0.25, -0.2) is 9.97 Å². The molecule has 2 aromatic heterocycles. The number of anilines is 1. The molecule has 0 aliphatic rings. The van der Waals surface area contributed by atoms with Crippen LogP contribution in [0.2, 0.25) is 0 Å². The number of rotatable bonds is 10. The summed E-state index contributed by atoms with van der Waals surface area (Å²) < 4.78 is 5.70. The fraction of sp³-hybridized carbons (Fsp3) is 0.625. The highest BCUT2D eigenvalue weighted by molar-refractivity contribution is 7.16. The van der Waals surface area contributed by atoms with Crippen molar-refractivity contribution >= 4 is 27.4 Å². The third-order valence-electron chi connectivity index (χ3n) is 3.29. The van der Waals surface area contributed by atoms with Crippen molar-refractivity contribution in [3.05, 3.63) is 17.3 Å². The number of nitrogens with zero attached hydrogens (tertiary/aromatic N) is 2. The second-order valence-electron chi connectivity index (χ2n) is 5.17. The van der Waals surface area contributed by atoms with Gasteiger partial charge >= 0.3 is 0 Å². The largest absolute Gasteiger partial charge is 0.373 e. The van der Waals surface area contributed by atoms with Crippen LogP contribution in [-0.2, 0) is 11.3 Å². The molecule has 0 aliphatic carbocycles. The van der Waals surface area contributed by atoms with E-state index in [1.54, 1.807) is 11.3 Å². The van der Waals surface area contributed by atoms with Crippen molar-refractivity contribution in [2.24, 2.45) is 0 Å². The molecular formula is C16H25N3OS. The number of ether oxygens (including phenoxy) is 1. The molecule has 0 spiro atoms. The normalized spacial score (nSPS) is 11.1. The molecule has 5 heteroatoms. The van der Waals surface area contributed by atoms with Crippen LogP contribution in [0.5, 0.6) is 0 Å². The molecule has 0 fully saturated rings. The van der Waals surface area contributed by atoms with E-state index in [2.05, 4.69) is 40.6 Å². The topological polar surface area (TPSA) is 47.0 Å². The Kier molecular flexibility index (Phi) is 6.89. The summed E-state index contributed by atoms with van der Waals surface area (Å²) in [6.45, 7) is 6.60. The minimum absolute atomic E-state index is 0.501. The van der Waals surface area contributed by atoms with E-state index in [-0.39, 0.29) is 0 Å². The molecular weight excluding hydrogens is 282 g/mol. The zero-order valence-corrected chi connectivity index (χ0v) is 13.8. The van der Waals surface area contributed by atoms with Gasteiger partial charge < -0.3 is 10.1 Å². The smallest absolute Gasteiger partial charge is 0.158 e. The van der Waals surface area contributed by atoms with Gasteiger partial charge in [0.05, 0.1) is 5.39 Å². The van der Waals surface area contributed by atoms with Gasteiger partial charge in [-0.1, -0.05) is 33.1 Å². The van der Waals surface area contributed by atoms with Crippen molar-refractivity contribution in [3.8, 4) is 0 Å². The van der Waals surface area contributed by atoms with Gasteiger partial charge in [0.1, 0.15) is 17.3 Å². The van der Waals surface area contributed by atoms with Crippen molar-refractivity contribution < 1.29 is 4.74 Å². The second kappa shape index (κ2) is 8.95. The number of fused-ring (bicyclic) bond motifs is 1. The fourth-order valence-corrected chi connectivity index (χ4v) is 2.92. The lowest BCUT2D eigenvalue weighted by molar-refractivity contribution is 0.112. The van der Waals surface area contributed by atoms with Gasteiger partial charge in [-0.2, -0.15) is 0 Å². The summed E-state index contributed by atoms with van der Waals surface area (Å²) >= 11 is 1.65. The Morgan fingerprint density at radius 3 is 2.86 bits per heavy atom. The van der Waals surface area contributed by atoms with E-state index in [4.69, 9.17) is 4.74 Å². The molecule has 0 aliphatic heterocycles. The Balaban J connectivity index is 1.93. The van der Waals surface area contributed by atoms with Crippen LogP contribution in [-0.4, -0.2) is 23.1 Å². The second-order valence-corrected chi connectivity index (χ2v) is 6.06. The predicted octanol–water partition coefficient (Wildman–Crippen LogP) is 4.61. The van der Waals surface area contributed by atoms with Gasteiger partial charge in [0.25, 0.3) is 0 Å². The van der Waals surface area contributed by atoms with E-state index in [0.29, 0.717) is 6.61 Å². The van der Waals surface area contributed by atoms with Crippen LogP contribution < -0.4 is 5.32 Å². The van der Waals surface area contributed by atoms with Gasteiger partial charge in [-0.15, -0.1) is 11.3 Å². The lowest BCUT2D eigenvalue weighted by Crippen LogP contribution is -2.07. The van der Waals surface area contributed by atoms with Gasteiger partial charge in [-0.05, 0) is 24.3 Å². The molecule has 4 nitrogen and oxygen atoms in total. The Morgan fingerprint density at radius 2 is 2.05 bits per heavy atom. The van der Waals surface area contributed by atoms with Crippen molar-refractivity contribution in [2.75, 3.05) is 18.5 Å². The van der Waals surface area contributed by atoms with Crippen molar-refractivity contribution in [3.63, 3.8) is 0 Å². The average molecular weight is 307 g/mol. The van der Waals surface area contributed by atoms with E-state index in [9.17, 15) is 0 Å². The molecule has 21 heavy (non-hydrogen) atoms. The maximum Gasteiger partial charge on any atom is 0.158 e. The molecule has 2 rings (SSSR count). The molecule has 0 unspecified atom stereocenters. The van der Waals surface area contributed by atoms with Crippen LogP contribution >= 0.6 is 11.3 Å². The number of thiophene rings is 1. The first-order valence-electron chi connectivity index (χ1n) is 7.90. The lowest BCUT2D eigenvalue weighted by atomic mass is 10.2. The first kappa shape index (κ1) is 16.2. The van der Waals surface area contributed by atoms with Crippen LogP contribution in [0.1, 0.15) is 51.8 Å². The molecule has 0 saturated carbocycles. The number of hydrogen-bond acceptors (Lipinski definition) is 5. The minimum Gasteiger partial charge on any atom is -0.373 e. The Labute approximate surface area is 131 Å². The van der Waals surface area contributed by atoms with E-state index in [1.807, 2.05) is 0 Å². The Hall–Kier alpha value is -1.20. The van der Waals surface area contributed by atoms with Crippen LogP contribution in [0.15, 0.2) is 11.4 Å². The Morgan fingerprint density at radius 1 is 1.14 bits per heavy atom. The number of hydrogen-bond donors (Lipinski definition) is 1. The standard InChI is InChI=1S/C16H25N3OS/c1-3-5-6-7-10-20-12-14-18-15(17-9-4-2)13-8-11-21-16(13)19-14/h8,11H,3-7,9-10,12H2,1-2H3,(H,17,18,19). The highest BCUT2D eigenvalue weighted by Crippen LogP contribution is 2.25. The molecule has 0 aromatic carbocycles. The van der Waals surface area contributed by atoms with Gasteiger partial charge in [-0.3, -0.25) is 0 Å². The molecule has 0 radical (unpaired) electrons. The minimum atomic E-state index is 0.501. The third kappa shape index (κ3) is 4.93. The molecule has 0 amide bonds. The van der Waals surface area contributed by atoms with Crippen molar-refractivity contribution in [1.29, 1.82) is 0 Å². The first-order valence-corrected chi connectivity index (χ1v) is 8.78. The summed E-state index contributed by atoms with van der Waals surface area (Å²) in [6, 6.07) is 2.08. The summed E-state index contributed by atoms with van der Waals surface area (Å²) in [7, 11) is 0. The molecule has 116 valence electrons. The predicted molar refractivity (Wildman–Crippen MR) is 90.0 cm³/mol. The SMILES string of the molecule is CCCCCCOCc1nc(NCCC)c2ccsc2n1. The van der Waals surface area contributed by atoms with Gasteiger partial charge in [0.15, 0.2) is 5.82 Å². The number of nitrogens with one attached hydrogen (secondary N) is 1. The summed E-state index contributed by atoms with van der Waals surface area (Å²) in [5.41, 5.74) is 0. The summed E-state index contributed by atoms with van der Waals surface area (Å²) in [5, 5.41) is 6.55. The molecule has 0 atom stereocenters. The van der Waals surface area contributed by atoms with Crippen LogP contribution in [0.4, 0.5) is 5.82 Å². The summed E-state index contributed by atoms with van der Waals surface area (Å²) in [5.74, 6) is 1.71. The van der Waals surface area contributed by atoms with Crippen LogP contribution in [0, 0.1) is 0 Å². The monoisotopic (exact) mass is 307 g/mol. The fourth-order valence-electron chi connectivity index (χ4n) is 2.14. The molecule has 0 saturated heterocycles. The number of aromatic nitrogens is 2. The third-order valence-corrected chi connectivity index (χ3v) is 4.09. The van der Waals surface area contributed by atoms with Crippen LogP contribution in [0.25, 0.3) is 10.2 Å².